The first-order chi connectivity index (χ1) is 11.0. The number of fused-ring (bicyclic) bond motifs is 2. The largest absolute Gasteiger partial charge is 0.338 e. The standard InChI is InChI=1S/C17H28N4O2/c1-19-13-5-6-14(19)9-15(8-13)20(2)17(23)18-11-7-16(22)21(10-11)12-3-4-12/h11-15H,3-10H2,1-2H3,(H,18,23). The molecular weight excluding hydrogens is 292 g/mol. The van der Waals surface area contributed by atoms with Crippen LogP contribution < -0.4 is 5.32 Å². The molecule has 3 saturated heterocycles. The monoisotopic (exact) mass is 320 g/mol. The average molecular weight is 320 g/mol. The van der Waals surface area contributed by atoms with Crippen LogP contribution in [0.4, 0.5) is 4.79 Å². The Bertz CT molecular complexity index is 493. The minimum absolute atomic E-state index is 0.00519. The van der Waals surface area contributed by atoms with Gasteiger partial charge in [-0.1, -0.05) is 0 Å². The van der Waals surface area contributed by atoms with Crippen molar-refractivity contribution in [3.8, 4) is 0 Å². The molecular formula is C17H28N4O2. The summed E-state index contributed by atoms with van der Waals surface area (Å²) in [5, 5.41) is 3.09. The Kier molecular flexibility index (Phi) is 3.75. The summed E-state index contributed by atoms with van der Waals surface area (Å²) in [4.78, 5) is 30.9. The second-order valence-corrected chi connectivity index (χ2v) is 7.91. The van der Waals surface area contributed by atoms with Crippen molar-refractivity contribution in [2.75, 3.05) is 20.6 Å². The van der Waals surface area contributed by atoms with Gasteiger partial charge in [0.05, 0.1) is 6.04 Å². The van der Waals surface area contributed by atoms with Crippen LogP contribution >= 0.6 is 0 Å². The summed E-state index contributed by atoms with van der Waals surface area (Å²) in [5.74, 6) is 0.206. The van der Waals surface area contributed by atoms with Gasteiger partial charge in [0.25, 0.3) is 0 Å². The van der Waals surface area contributed by atoms with E-state index in [0.29, 0.717) is 37.1 Å². The van der Waals surface area contributed by atoms with Crippen molar-refractivity contribution in [3.63, 3.8) is 0 Å². The fourth-order valence-electron chi connectivity index (χ4n) is 4.71. The lowest BCUT2D eigenvalue weighted by molar-refractivity contribution is -0.128. The zero-order valence-corrected chi connectivity index (χ0v) is 14.2. The molecule has 1 saturated carbocycles. The number of urea groups is 1. The first kappa shape index (κ1) is 15.2. The summed E-state index contributed by atoms with van der Waals surface area (Å²) >= 11 is 0. The minimum atomic E-state index is -0.0129. The van der Waals surface area contributed by atoms with Gasteiger partial charge in [-0.05, 0) is 45.6 Å². The summed E-state index contributed by atoms with van der Waals surface area (Å²) in [5.41, 5.74) is 0. The molecule has 3 amide bonds. The number of piperidine rings is 1. The molecule has 128 valence electrons. The normalized spacial score (nSPS) is 37.3. The van der Waals surface area contributed by atoms with Crippen molar-refractivity contribution in [1.82, 2.24) is 20.0 Å². The fourth-order valence-corrected chi connectivity index (χ4v) is 4.71. The number of hydrogen-bond acceptors (Lipinski definition) is 3. The lowest BCUT2D eigenvalue weighted by atomic mass is 9.97. The second kappa shape index (κ2) is 5.65. The van der Waals surface area contributed by atoms with Crippen molar-refractivity contribution in [2.45, 2.75) is 75.2 Å². The molecule has 0 radical (unpaired) electrons. The van der Waals surface area contributed by atoms with E-state index in [1.807, 2.05) is 16.8 Å². The maximum Gasteiger partial charge on any atom is 0.317 e. The Morgan fingerprint density at radius 2 is 1.74 bits per heavy atom. The number of nitrogens with one attached hydrogen (secondary N) is 1. The topological polar surface area (TPSA) is 55.9 Å². The van der Waals surface area contributed by atoms with Crippen LogP contribution in [0, 0.1) is 0 Å². The zero-order chi connectivity index (χ0) is 16.1. The summed E-state index contributed by atoms with van der Waals surface area (Å²) in [6, 6.07) is 2.03. The Labute approximate surface area is 138 Å². The van der Waals surface area contributed by atoms with Crippen molar-refractivity contribution < 1.29 is 9.59 Å². The van der Waals surface area contributed by atoms with Crippen LogP contribution in [0.5, 0.6) is 0 Å². The highest BCUT2D eigenvalue weighted by molar-refractivity contribution is 5.82. The van der Waals surface area contributed by atoms with E-state index in [4.69, 9.17) is 0 Å². The van der Waals surface area contributed by atoms with Gasteiger partial charge in [0.2, 0.25) is 5.91 Å². The van der Waals surface area contributed by atoms with Gasteiger partial charge in [-0.3, -0.25) is 4.79 Å². The second-order valence-electron chi connectivity index (χ2n) is 7.91. The van der Waals surface area contributed by atoms with Gasteiger partial charge in [-0.25, -0.2) is 4.79 Å². The van der Waals surface area contributed by atoms with Crippen LogP contribution in [0.3, 0.4) is 0 Å². The van der Waals surface area contributed by atoms with E-state index in [0.717, 1.165) is 25.7 Å². The molecule has 4 rings (SSSR count). The highest BCUT2D eigenvalue weighted by atomic mass is 16.2. The number of amides is 3. The van der Waals surface area contributed by atoms with Gasteiger partial charge in [0.15, 0.2) is 0 Å². The van der Waals surface area contributed by atoms with Crippen LogP contribution in [0.25, 0.3) is 0 Å². The fraction of sp³-hybridized carbons (Fsp3) is 0.882. The maximum absolute atomic E-state index is 12.6. The van der Waals surface area contributed by atoms with E-state index in [9.17, 15) is 9.59 Å². The Morgan fingerprint density at radius 1 is 1.13 bits per heavy atom. The highest BCUT2D eigenvalue weighted by Gasteiger charge is 2.42. The summed E-state index contributed by atoms with van der Waals surface area (Å²) < 4.78 is 0. The molecule has 3 unspecified atom stereocenters. The van der Waals surface area contributed by atoms with Crippen molar-refractivity contribution in [2.24, 2.45) is 0 Å². The molecule has 0 spiro atoms. The molecule has 3 aliphatic heterocycles. The molecule has 4 fully saturated rings. The van der Waals surface area contributed by atoms with Gasteiger partial charge in [-0.2, -0.15) is 0 Å². The smallest absolute Gasteiger partial charge is 0.317 e. The molecule has 3 heterocycles. The first-order valence-corrected chi connectivity index (χ1v) is 9.07. The lowest BCUT2D eigenvalue weighted by Crippen LogP contribution is -2.53. The Morgan fingerprint density at radius 3 is 2.35 bits per heavy atom. The molecule has 0 aromatic rings. The molecule has 1 N–H and O–H groups in total. The Balaban J connectivity index is 1.31. The third-order valence-corrected chi connectivity index (χ3v) is 6.42. The molecule has 2 bridgehead atoms. The first-order valence-electron chi connectivity index (χ1n) is 9.07. The molecule has 1 aliphatic carbocycles. The van der Waals surface area contributed by atoms with Crippen LogP contribution in [0.2, 0.25) is 0 Å². The predicted octanol–water partition coefficient (Wildman–Crippen LogP) is 1.02. The summed E-state index contributed by atoms with van der Waals surface area (Å²) in [6.45, 7) is 0.696. The van der Waals surface area contributed by atoms with Gasteiger partial charge in [-0.15, -0.1) is 0 Å². The van der Waals surface area contributed by atoms with Gasteiger partial charge >= 0.3 is 6.03 Å². The van der Waals surface area contributed by atoms with E-state index < -0.39 is 0 Å². The van der Waals surface area contributed by atoms with Crippen LogP contribution in [0.1, 0.15) is 44.9 Å². The number of likely N-dealkylation sites (tertiary alicyclic amines) is 1. The molecule has 23 heavy (non-hydrogen) atoms. The molecule has 0 aromatic carbocycles. The SMILES string of the molecule is CN(C(=O)NC1CC(=O)N(C2CC2)C1)C1CC2CCC(C1)N2C. The molecule has 6 heteroatoms. The number of nitrogens with zero attached hydrogens (tertiary/aromatic N) is 3. The van der Waals surface area contributed by atoms with Crippen molar-refractivity contribution in [3.05, 3.63) is 0 Å². The molecule has 0 aromatic heterocycles. The van der Waals surface area contributed by atoms with Gasteiger partial charge < -0.3 is 20.0 Å². The van der Waals surface area contributed by atoms with E-state index in [1.54, 1.807) is 0 Å². The third-order valence-electron chi connectivity index (χ3n) is 6.42. The summed E-state index contributed by atoms with van der Waals surface area (Å²) in [6.07, 6.45) is 7.41. The van der Waals surface area contributed by atoms with Gasteiger partial charge in [0.1, 0.15) is 0 Å². The third kappa shape index (κ3) is 2.82. The average Bonchev–Trinajstić information content (AvgIpc) is 3.27. The number of carbonyl (C=O) groups is 2. The highest BCUT2D eigenvalue weighted by Crippen LogP contribution is 2.36. The Hall–Kier alpha value is -1.30. The van der Waals surface area contributed by atoms with E-state index in [1.165, 1.54) is 12.8 Å². The zero-order valence-electron chi connectivity index (χ0n) is 14.2. The quantitative estimate of drug-likeness (QED) is 0.844. The number of rotatable bonds is 3. The predicted molar refractivity (Wildman–Crippen MR) is 87.0 cm³/mol. The van der Waals surface area contributed by atoms with Crippen LogP contribution in [-0.2, 0) is 4.79 Å². The maximum atomic E-state index is 12.6. The minimum Gasteiger partial charge on any atom is -0.338 e. The number of hydrogen-bond donors (Lipinski definition) is 1. The summed E-state index contributed by atoms with van der Waals surface area (Å²) in [7, 11) is 4.13. The van der Waals surface area contributed by atoms with Crippen molar-refractivity contribution >= 4 is 11.9 Å². The number of carbonyl (C=O) groups excluding carboxylic acids is 2. The van der Waals surface area contributed by atoms with Crippen LogP contribution in [0.15, 0.2) is 0 Å². The molecule has 3 atom stereocenters. The molecule has 6 nitrogen and oxygen atoms in total. The lowest BCUT2D eigenvalue weighted by Gasteiger charge is -2.40. The molecule has 4 aliphatic rings. The van der Waals surface area contributed by atoms with E-state index in [2.05, 4.69) is 17.3 Å². The van der Waals surface area contributed by atoms with E-state index in [-0.39, 0.29) is 18.0 Å². The van der Waals surface area contributed by atoms with Crippen molar-refractivity contribution in [1.29, 1.82) is 0 Å². The van der Waals surface area contributed by atoms with Crippen LogP contribution in [-0.4, -0.2) is 77.5 Å². The van der Waals surface area contributed by atoms with Gasteiger partial charge in [0, 0.05) is 44.2 Å². The van der Waals surface area contributed by atoms with E-state index >= 15 is 0 Å².